The van der Waals surface area contributed by atoms with Crippen molar-refractivity contribution in [2.24, 2.45) is 5.92 Å². The molecule has 1 aliphatic rings. The number of aryl methyl sites for hydroxylation is 1. The molecule has 0 unspecified atom stereocenters. The third kappa shape index (κ3) is 3.10. The summed E-state index contributed by atoms with van der Waals surface area (Å²) in [5, 5.41) is 0.577. The molecule has 0 saturated heterocycles. The lowest BCUT2D eigenvalue weighted by molar-refractivity contribution is 0.415. The fourth-order valence-corrected chi connectivity index (χ4v) is 4.06. The Bertz CT molecular complexity index is 1070. The van der Waals surface area contributed by atoms with E-state index < -0.39 is 0 Å². The van der Waals surface area contributed by atoms with Gasteiger partial charge in [0.1, 0.15) is 17.0 Å². The molecule has 3 aromatic rings. The van der Waals surface area contributed by atoms with Gasteiger partial charge in [-0.15, -0.1) is 0 Å². The molecule has 2 aromatic heterocycles. The van der Waals surface area contributed by atoms with Crippen molar-refractivity contribution in [3.63, 3.8) is 0 Å². The number of hydrogen-bond acceptors (Lipinski definition) is 4. The van der Waals surface area contributed by atoms with E-state index in [-0.39, 0.29) is 11.6 Å². The summed E-state index contributed by atoms with van der Waals surface area (Å²) in [6.07, 6.45) is 4.96. The predicted octanol–water partition coefficient (Wildman–Crippen LogP) is 4.79. The summed E-state index contributed by atoms with van der Waals surface area (Å²) < 4.78 is 7.11. The first-order valence-electron chi connectivity index (χ1n) is 9.27. The SMILES string of the molecule is CC[C@@H](C1CC1)n1c(=O)c(C)nc2c(-c3ccc(OC)cc3Cl)ccnc21. The largest absolute Gasteiger partial charge is 0.497 e. The molecule has 0 spiro atoms. The van der Waals surface area contributed by atoms with Crippen LogP contribution in [0.1, 0.15) is 37.9 Å². The van der Waals surface area contributed by atoms with Crippen molar-refractivity contribution in [1.82, 2.24) is 14.5 Å². The smallest absolute Gasteiger partial charge is 0.273 e. The Morgan fingerprint density at radius 1 is 1.30 bits per heavy atom. The van der Waals surface area contributed by atoms with Gasteiger partial charge in [-0.25, -0.2) is 9.97 Å². The van der Waals surface area contributed by atoms with E-state index in [4.69, 9.17) is 16.3 Å². The molecule has 0 amide bonds. The summed E-state index contributed by atoms with van der Waals surface area (Å²) in [6, 6.07) is 7.63. The minimum Gasteiger partial charge on any atom is -0.497 e. The lowest BCUT2D eigenvalue weighted by Crippen LogP contribution is -2.29. The maximum absolute atomic E-state index is 12.9. The molecular formula is C21H22ClN3O2. The van der Waals surface area contributed by atoms with E-state index in [1.807, 2.05) is 22.8 Å². The molecule has 0 N–H and O–H groups in total. The van der Waals surface area contributed by atoms with E-state index in [1.165, 1.54) is 0 Å². The fourth-order valence-electron chi connectivity index (χ4n) is 3.79. The fraction of sp³-hybridized carbons (Fsp3) is 0.381. The summed E-state index contributed by atoms with van der Waals surface area (Å²) >= 11 is 6.51. The van der Waals surface area contributed by atoms with Gasteiger partial charge in [0.2, 0.25) is 0 Å². The Balaban J connectivity index is 1.99. The number of rotatable bonds is 5. The topological polar surface area (TPSA) is 57.0 Å². The standard InChI is InChI=1S/C21H22ClN3O2/c1-4-18(13-5-6-13)25-20-19(24-12(2)21(25)26)16(9-10-23-20)15-8-7-14(27-3)11-17(15)22/h7-11,13,18H,4-6H2,1-3H3/t18-/m0/s1. The molecule has 5 nitrogen and oxygen atoms in total. The molecular weight excluding hydrogens is 362 g/mol. The van der Waals surface area contributed by atoms with Gasteiger partial charge in [-0.05, 0) is 56.4 Å². The van der Waals surface area contributed by atoms with E-state index in [9.17, 15) is 4.79 Å². The first kappa shape index (κ1) is 18.0. The second-order valence-corrected chi connectivity index (χ2v) is 7.47. The summed E-state index contributed by atoms with van der Waals surface area (Å²) in [5.41, 5.74) is 3.50. The van der Waals surface area contributed by atoms with Crippen LogP contribution in [0.25, 0.3) is 22.3 Å². The highest BCUT2D eigenvalue weighted by Gasteiger charge is 2.33. The number of halogens is 1. The number of hydrogen-bond donors (Lipinski definition) is 0. The number of methoxy groups -OCH3 is 1. The quantitative estimate of drug-likeness (QED) is 0.635. The molecule has 1 fully saturated rings. The average Bonchev–Trinajstić information content (AvgIpc) is 3.50. The molecule has 0 aliphatic heterocycles. The first-order chi connectivity index (χ1) is 13.0. The van der Waals surface area contributed by atoms with Gasteiger partial charge in [0, 0.05) is 23.4 Å². The minimum absolute atomic E-state index is 0.0493. The van der Waals surface area contributed by atoms with Crippen LogP contribution >= 0.6 is 11.6 Å². The zero-order chi connectivity index (χ0) is 19.1. The Morgan fingerprint density at radius 2 is 2.07 bits per heavy atom. The lowest BCUT2D eigenvalue weighted by Gasteiger charge is -2.21. The first-order valence-corrected chi connectivity index (χ1v) is 9.64. The van der Waals surface area contributed by atoms with E-state index >= 15 is 0 Å². The van der Waals surface area contributed by atoms with E-state index in [2.05, 4.69) is 16.9 Å². The van der Waals surface area contributed by atoms with Gasteiger partial charge < -0.3 is 4.74 Å². The maximum Gasteiger partial charge on any atom is 0.273 e. The highest BCUT2D eigenvalue weighted by molar-refractivity contribution is 6.33. The van der Waals surface area contributed by atoms with Gasteiger partial charge >= 0.3 is 0 Å². The van der Waals surface area contributed by atoms with E-state index in [0.717, 1.165) is 30.4 Å². The van der Waals surface area contributed by atoms with Crippen LogP contribution in [0.3, 0.4) is 0 Å². The Labute approximate surface area is 163 Å². The number of nitrogens with zero attached hydrogens (tertiary/aromatic N) is 3. The number of aromatic nitrogens is 3. The number of ether oxygens (including phenoxy) is 1. The van der Waals surface area contributed by atoms with Crippen molar-refractivity contribution >= 4 is 22.8 Å². The minimum atomic E-state index is -0.0493. The molecule has 0 radical (unpaired) electrons. The molecule has 4 rings (SSSR count). The van der Waals surface area contributed by atoms with Crippen molar-refractivity contribution in [3.8, 4) is 16.9 Å². The third-order valence-corrected chi connectivity index (χ3v) is 5.64. The number of benzene rings is 1. The molecule has 2 heterocycles. The zero-order valence-electron chi connectivity index (χ0n) is 15.7. The predicted molar refractivity (Wildman–Crippen MR) is 108 cm³/mol. The van der Waals surface area contributed by atoms with Crippen molar-refractivity contribution in [3.05, 3.63) is 51.5 Å². The van der Waals surface area contributed by atoms with Crippen molar-refractivity contribution in [2.75, 3.05) is 7.11 Å². The van der Waals surface area contributed by atoms with Crippen molar-refractivity contribution in [1.29, 1.82) is 0 Å². The van der Waals surface area contributed by atoms with Crippen molar-refractivity contribution in [2.45, 2.75) is 39.2 Å². The summed E-state index contributed by atoms with van der Waals surface area (Å²) in [4.78, 5) is 22.1. The van der Waals surface area contributed by atoms with E-state index in [0.29, 0.717) is 33.5 Å². The Morgan fingerprint density at radius 3 is 2.70 bits per heavy atom. The summed E-state index contributed by atoms with van der Waals surface area (Å²) in [7, 11) is 1.61. The highest BCUT2D eigenvalue weighted by Crippen LogP contribution is 2.42. The number of pyridine rings is 1. The average molecular weight is 384 g/mol. The molecule has 1 saturated carbocycles. The van der Waals surface area contributed by atoms with Crippen molar-refractivity contribution < 1.29 is 4.74 Å². The molecule has 27 heavy (non-hydrogen) atoms. The molecule has 0 bridgehead atoms. The summed E-state index contributed by atoms with van der Waals surface area (Å²) in [6.45, 7) is 3.89. The van der Waals surface area contributed by atoms with Crippen LogP contribution in [-0.4, -0.2) is 21.6 Å². The molecule has 1 atom stereocenters. The van der Waals surface area contributed by atoms with Crippen LogP contribution in [0.5, 0.6) is 5.75 Å². The molecule has 140 valence electrons. The number of fused-ring (bicyclic) bond motifs is 1. The molecule has 1 aliphatic carbocycles. The monoisotopic (exact) mass is 383 g/mol. The second-order valence-electron chi connectivity index (χ2n) is 7.06. The van der Waals surface area contributed by atoms with Crippen LogP contribution in [0.4, 0.5) is 0 Å². The van der Waals surface area contributed by atoms with Crippen LogP contribution in [0, 0.1) is 12.8 Å². The van der Waals surface area contributed by atoms with Crippen LogP contribution in [-0.2, 0) is 0 Å². The Hall–Kier alpha value is -2.40. The second kappa shape index (κ2) is 6.97. The van der Waals surface area contributed by atoms with Gasteiger partial charge in [-0.3, -0.25) is 9.36 Å². The van der Waals surface area contributed by atoms with E-state index in [1.54, 1.807) is 26.3 Å². The third-order valence-electron chi connectivity index (χ3n) is 5.32. The normalized spacial score (nSPS) is 15.1. The van der Waals surface area contributed by atoms with Gasteiger partial charge in [0.05, 0.1) is 12.1 Å². The van der Waals surface area contributed by atoms with Crippen LogP contribution in [0.15, 0.2) is 35.3 Å². The van der Waals surface area contributed by atoms with Crippen LogP contribution in [0.2, 0.25) is 5.02 Å². The van der Waals surface area contributed by atoms with Crippen LogP contribution < -0.4 is 10.3 Å². The zero-order valence-corrected chi connectivity index (χ0v) is 16.5. The summed E-state index contributed by atoms with van der Waals surface area (Å²) in [5.74, 6) is 1.25. The van der Waals surface area contributed by atoms with Gasteiger partial charge in [0.15, 0.2) is 5.65 Å². The van der Waals surface area contributed by atoms with Gasteiger partial charge in [0.25, 0.3) is 5.56 Å². The maximum atomic E-state index is 12.9. The Kier molecular flexibility index (Phi) is 4.64. The molecule has 6 heteroatoms. The molecule has 1 aromatic carbocycles. The highest BCUT2D eigenvalue weighted by atomic mass is 35.5. The van der Waals surface area contributed by atoms with Gasteiger partial charge in [-0.2, -0.15) is 0 Å². The lowest BCUT2D eigenvalue weighted by atomic mass is 10.0. The van der Waals surface area contributed by atoms with Gasteiger partial charge in [-0.1, -0.05) is 18.5 Å².